The van der Waals surface area contributed by atoms with Crippen molar-refractivity contribution in [3.8, 4) is 16.9 Å². The highest BCUT2D eigenvalue weighted by atomic mass is 16.5. The van der Waals surface area contributed by atoms with Gasteiger partial charge in [-0.05, 0) is 12.0 Å². The zero-order chi connectivity index (χ0) is 18.7. The van der Waals surface area contributed by atoms with Gasteiger partial charge in [-0.3, -0.25) is 4.79 Å². The van der Waals surface area contributed by atoms with Gasteiger partial charge in [0.25, 0.3) is 5.56 Å². The zero-order valence-corrected chi connectivity index (χ0v) is 13.7. The molecule has 2 aromatic rings. The fourth-order valence-electron chi connectivity index (χ4n) is 2.37. The second-order valence-corrected chi connectivity index (χ2v) is 5.80. The standard InChI is InChI=1S/C17H18N2O6/c1-8(2)7-25-10-6-4-3-5-9(10)11-12(16(21)22)14(18)19-15(20)13(11)17(23)24/h3-6,8H,7H2,1-2H3,(H,21,22)(H,23,24)(H3,18,19,20). The summed E-state index contributed by atoms with van der Waals surface area (Å²) in [6.45, 7) is 4.19. The SMILES string of the molecule is CC(C)COc1ccccc1-c1c(C(=O)O)c(N)[nH]c(=O)c1C(=O)O. The number of carboxylic acid groups (broad SMARTS) is 2. The van der Waals surface area contributed by atoms with E-state index in [9.17, 15) is 24.6 Å². The number of nitrogen functional groups attached to an aromatic ring is 1. The van der Waals surface area contributed by atoms with Crippen molar-refractivity contribution in [3.05, 3.63) is 45.7 Å². The average molecular weight is 346 g/mol. The van der Waals surface area contributed by atoms with Crippen molar-refractivity contribution in [1.82, 2.24) is 4.98 Å². The van der Waals surface area contributed by atoms with Gasteiger partial charge in [-0.25, -0.2) is 9.59 Å². The van der Waals surface area contributed by atoms with Crippen LogP contribution in [0.15, 0.2) is 29.1 Å². The van der Waals surface area contributed by atoms with Gasteiger partial charge in [0.1, 0.15) is 22.7 Å². The topological polar surface area (TPSA) is 143 Å². The number of nitrogens with one attached hydrogen (secondary N) is 1. The number of benzene rings is 1. The van der Waals surface area contributed by atoms with E-state index in [0.29, 0.717) is 6.61 Å². The number of hydrogen-bond acceptors (Lipinski definition) is 5. The highest BCUT2D eigenvalue weighted by molar-refractivity contribution is 6.08. The molecule has 2 rings (SSSR count). The molecule has 0 atom stereocenters. The van der Waals surface area contributed by atoms with Crippen LogP contribution in [0, 0.1) is 5.92 Å². The first-order chi connectivity index (χ1) is 11.7. The summed E-state index contributed by atoms with van der Waals surface area (Å²) in [5, 5.41) is 18.9. The quantitative estimate of drug-likeness (QED) is 0.627. The molecule has 25 heavy (non-hydrogen) atoms. The molecule has 0 spiro atoms. The summed E-state index contributed by atoms with van der Waals surface area (Å²) < 4.78 is 5.66. The summed E-state index contributed by atoms with van der Waals surface area (Å²) >= 11 is 0. The third-order valence-electron chi connectivity index (χ3n) is 3.40. The van der Waals surface area contributed by atoms with E-state index in [1.54, 1.807) is 18.2 Å². The van der Waals surface area contributed by atoms with E-state index in [2.05, 4.69) is 4.98 Å². The number of aromatic nitrogens is 1. The highest BCUT2D eigenvalue weighted by Crippen LogP contribution is 2.35. The van der Waals surface area contributed by atoms with Crippen molar-refractivity contribution in [2.75, 3.05) is 12.3 Å². The molecule has 0 saturated heterocycles. The number of ether oxygens (including phenoxy) is 1. The molecule has 0 radical (unpaired) electrons. The molecule has 0 fully saturated rings. The fraction of sp³-hybridized carbons (Fsp3) is 0.235. The predicted molar refractivity (Wildman–Crippen MR) is 91.2 cm³/mol. The lowest BCUT2D eigenvalue weighted by Crippen LogP contribution is -2.24. The minimum absolute atomic E-state index is 0.177. The lowest BCUT2D eigenvalue weighted by Gasteiger charge is -2.16. The first kappa shape index (κ1) is 18.1. The summed E-state index contributed by atoms with van der Waals surface area (Å²) in [7, 11) is 0. The number of carbonyl (C=O) groups is 2. The van der Waals surface area contributed by atoms with Crippen LogP contribution in [0.4, 0.5) is 5.82 Å². The summed E-state index contributed by atoms with van der Waals surface area (Å²) in [6, 6.07) is 6.32. The smallest absolute Gasteiger partial charge is 0.342 e. The Balaban J connectivity index is 2.85. The molecule has 132 valence electrons. The number of para-hydroxylation sites is 1. The van der Waals surface area contributed by atoms with Crippen LogP contribution < -0.4 is 16.0 Å². The first-order valence-corrected chi connectivity index (χ1v) is 7.48. The van der Waals surface area contributed by atoms with Crippen molar-refractivity contribution in [3.63, 3.8) is 0 Å². The normalized spacial score (nSPS) is 10.7. The highest BCUT2D eigenvalue weighted by Gasteiger charge is 2.28. The van der Waals surface area contributed by atoms with E-state index in [1.807, 2.05) is 13.8 Å². The van der Waals surface area contributed by atoms with E-state index in [4.69, 9.17) is 10.5 Å². The van der Waals surface area contributed by atoms with Crippen molar-refractivity contribution < 1.29 is 24.5 Å². The molecule has 0 bridgehead atoms. The number of H-pyrrole nitrogens is 1. The second-order valence-electron chi connectivity index (χ2n) is 5.80. The zero-order valence-electron chi connectivity index (χ0n) is 13.7. The van der Waals surface area contributed by atoms with Gasteiger partial charge in [-0.2, -0.15) is 0 Å². The molecule has 0 saturated carbocycles. The van der Waals surface area contributed by atoms with Gasteiger partial charge < -0.3 is 25.7 Å². The van der Waals surface area contributed by atoms with Crippen molar-refractivity contribution in [2.24, 2.45) is 5.92 Å². The van der Waals surface area contributed by atoms with Gasteiger partial charge in [-0.15, -0.1) is 0 Å². The number of aromatic carboxylic acids is 2. The third-order valence-corrected chi connectivity index (χ3v) is 3.40. The van der Waals surface area contributed by atoms with Crippen LogP contribution in [-0.4, -0.2) is 33.7 Å². The van der Waals surface area contributed by atoms with Gasteiger partial charge in [0.15, 0.2) is 0 Å². The number of rotatable bonds is 6. The Kier molecular flexibility index (Phi) is 5.11. The molecular formula is C17H18N2O6. The van der Waals surface area contributed by atoms with E-state index < -0.39 is 34.4 Å². The molecule has 1 aromatic heterocycles. The van der Waals surface area contributed by atoms with Gasteiger partial charge in [0, 0.05) is 11.1 Å². The van der Waals surface area contributed by atoms with Gasteiger partial charge in [0.2, 0.25) is 0 Å². The number of aromatic amines is 1. The monoisotopic (exact) mass is 346 g/mol. The maximum absolute atomic E-state index is 12.1. The van der Waals surface area contributed by atoms with Crippen molar-refractivity contribution in [1.29, 1.82) is 0 Å². The predicted octanol–water partition coefficient (Wildman–Crippen LogP) is 2.06. The molecule has 8 nitrogen and oxygen atoms in total. The van der Waals surface area contributed by atoms with Gasteiger partial charge in [0.05, 0.1) is 6.61 Å². The lowest BCUT2D eigenvalue weighted by atomic mass is 9.94. The first-order valence-electron chi connectivity index (χ1n) is 7.48. The Bertz CT molecular complexity index is 885. The van der Waals surface area contributed by atoms with Crippen molar-refractivity contribution in [2.45, 2.75) is 13.8 Å². The van der Waals surface area contributed by atoms with Crippen LogP contribution in [0.2, 0.25) is 0 Å². The van der Waals surface area contributed by atoms with Crippen LogP contribution in [0.1, 0.15) is 34.6 Å². The van der Waals surface area contributed by atoms with E-state index in [1.165, 1.54) is 6.07 Å². The summed E-state index contributed by atoms with van der Waals surface area (Å²) in [5.41, 5.74) is 3.36. The minimum Gasteiger partial charge on any atom is -0.493 e. The molecule has 0 aliphatic heterocycles. The molecule has 0 aliphatic carbocycles. The van der Waals surface area contributed by atoms with Gasteiger partial charge in [-0.1, -0.05) is 32.0 Å². The van der Waals surface area contributed by atoms with Gasteiger partial charge >= 0.3 is 11.9 Å². The van der Waals surface area contributed by atoms with Crippen LogP contribution in [0.5, 0.6) is 5.75 Å². The van der Waals surface area contributed by atoms with Crippen LogP contribution in [-0.2, 0) is 0 Å². The second kappa shape index (κ2) is 7.08. The number of anilines is 1. The van der Waals surface area contributed by atoms with E-state index in [0.717, 1.165) is 0 Å². The Morgan fingerprint density at radius 2 is 1.76 bits per heavy atom. The molecule has 0 unspecified atom stereocenters. The Morgan fingerprint density at radius 3 is 2.32 bits per heavy atom. The minimum atomic E-state index is -1.56. The van der Waals surface area contributed by atoms with Crippen molar-refractivity contribution >= 4 is 17.8 Å². The molecular weight excluding hydrogens is 328 g/mol. The molecule has 5 N–H and O–H groups in total. The number of hydrogen-bond donors (Lipinski definition) is 4. The maximum atomic E-state index is 12.1. The molecule has 0 amide bonds. The largest absolute Gasteiger partial charge is 0.493 e. The molecule has 0 aliphatic rings. The summed E-state index contributed by atoms with van der Waals surface area (Å²) in [4.78, 5) is 37.4. The maximum Gasteiger partial charge on any atom is 0.342 e. The average Bonchev–Trinajstić information content (AvgIpc) is 2.51. The fourth-order valence-corrected chi connectivity index (χ4v) is 2.37. The molecule has 1 heterocycles. The van der Waals surface area contributed by atoms with Crippen LogP contribution in [0.25, 0.3) is 11.1 Å². The van der Waals surface area contributed by atoms with E-state index >= 15 is 0 Å². The molecule has 8 heteroatoms. The van der Waals surface area contributed by atoms with Crippen LogP contribution >= 0.6 is 0 Å². The molecule has 1 aromatic carbocycles. The summed E-state index contributed by atoms with van der Waals surface area (Å²) in [5.74, 6) is -2.97. The lowest BCUT2D eigenvalue weighted by molar-refractivity contribution is 0.0695. The Hall–Kier alpha value is -3.29. The number of nitrogens with two attached hydrogens (primary N) is 1. The Labute approximate surface area is 142 Å². The Morgan fingerprint density at radius 1 is 1.16 bits per heavy atom. The third kappa shape index (κ3) is 3.63. The number of pyridine rings is 1. The van der Waals surface area contributed by atoms with E-state index in [-0.39, 0.29) is 22.8 Å². The summed E-state index contributed by atoms with van der Waals surface area (Å²) in [6.07, 6.45) is 0. The number of carboxylic acids is 2. The van der Waals surface area contributed by atoms with Crippen LogP contribution in [0.3, 0.4) is 0 Å².